The summed E-state index contributed by atoms with van der Waals surface area (Å²) in [5.41, 5.74) is 7.96. The first-order chi connectivity index (χ1) is 8.78. The smallest absolute Gasteiger partial charge is 0.222 e. The Labute approximate surface area is 101 Å². The lowest BCUT2D eigenvalue weighted by atomic mass is 10.1. The van der Waals surface area contributed by atoms with Gasteiger partial charge in [-0.05, 0) is 6.07 Å². The molecular formula is C11H7N7. The number of nitrogens with zero attached hydrogens (tertiary/aromatic N) is 5. The van der Waals surface area contributed by atoms with Gasteiger partial charge in [0, 0.05) is 18.0 Å². The molecule has 3 aromatic rings. The topological polar surface area (TPSA) is 117 Å². The normalized spacial score (nSPS) is 10.4. The zero-order valence-corrected chi connectivity index (χ0v) is 9.12. The van der Waals surface area contributed by atoms with Crippen LogP contribution in [0.5, 0.6) is 0 Å². The summed E-state index contributed by atoms with van der Waals surface area (Å²) < 4.78 is 0. The third-order valence-corrected chi connectivity index (χ3v) is 2.47. The number of fused-ring (bicyclic) bond motifs is 1. The molecule has 0 radical (unpaired) electrons. The maximum absolute atomic E-state index is 8.87. The number of hydrogen-bond acceptors (Lipinski definition) is 6. The zero-order chi connectivity index (χ0) is 12.5. The molecule has 7 nitrogen and oxygen atoms in total. The summed E-state index contributed by atoms with van der Waals surface area (Å²) in [4.78, 5) is 12.2. The van der Waals surface area contributed by atoms with Gasteiger partial charge < -0.3 is 5.73 Å². The van der Waals surface area contributed by atoms with Crippen molar-refractivity contribution in [2.45, 2.75) is 0 Å². The summed E-state index contributed by atoms with van der Waals surface area (Å²) in [5, 5.41) is 16.2. The molecule has 3 aromatic heterocycles. The number of nitriles is 1. The molecule has 0 amide bonds. The van der Waals surface area contributed by atoms with Gasteiger partial charge in [0.05, 0.1) is 22.8 Å². The van der Waals surface area contributed by atoms with Gasteiger partial charge in [-0.2, -0.15) is 15.3 Å². The fraction of sp³-hybridized carbons (Fsp3) is 0. The van der Waals surface area contributed by atoms with E-state index in [9.17, 15) is 0 Å². The average molecular weight is 237 g/mol. The fourth-order valence-corrected chi connectivity index (χ4v) is 1.70. The van der Waals surface area contributed by atoms with E-state index in [1.807, 2.05) is 6.07 Å². The molecule has 0 atom stereocenters. The van der Waals surface area contributed by atoms with Crippen molar-refractivity contribution in [3.8, 4) is 17.3 Å². The predicted octanol–water partition coefficient (Wildman–Crippen LogP) is 0.869. The fourth-order valence-electron chi connectivity index (χ4n) is 1.70. The van der Waals surface area contributed by atoms with Crippen molar-refractivity contribution in [2.24, 2.45) is 0 Å². The second kappa shape index (κ2) is 3.78. The van der Waals surface area contributed by atoms with Crippen LogP contribution in [0, 0.1) is 11.3 Å². The Morgan fingerprint density at radius 2 is 2.11 bits per heavy atom. The van der Waals surface area contributed by atoms with E-state index < -0.39 is 0 Å². The van der Waals surface area contributed by atoms with E-state index in [0.717, 1.165) is 5.39 Å². The molecule has 0 aliphatic rings. The van der Waals surface area contributed by atoms with Crippen LogP contribution in [0.25, 0.3) is 22.3 Å². The van der Waals surface area contributed by atoms with Crippen LogP contribution in [-0.4, -0.2) is 25.1 Å². The Hall–Kier alpha value is -3.01. The number of nitrogens with one attached hydrogen (secondary N) is 1. The lowest BCUT2D eigenvalue weighted by Crippen LogP contribution is -1.97. The van der Waals surface area contributed by atoms with Gasteiger partial charge in [0.1, 0.15) is 6.07 Å². The van der Waals surface area contributed by atoms with Crippen LogP contribution in [0.2, 0.25) is 0 Å². The number of nitrogen functional groups attached to an aromatic ring is 1. The quantitative estimate of drug-likeness (QED) is 0.648. The first-order valence-corrected chi connectivity index (χ1v) is 5.10. The maximum Gasteiger partial charge on any atom is 0.222 e. The van der Waals surface area contributed by atoms with E-state index in [4.69, 9.17) is 11.0 Å². The molecule has 86 valence electrons. The highest BCUT2D eigenvalue weighted by atomic mass is 15.2. The van der Waals surface area contributed by atoms with E-state index >= 15 is 0 Å². The van der Waals surface area contributed by atoms with Crippen LogP contribution in [0.15, 0.2) is 24.7 Å². The van der Waals surface area contributed by atoms with Gasteiger partial charge in [-0.25, -0.2) is 4.98 Å². The molecule has 0 bridgehead atoms. The van der Waals surface area contributed by atoms with E-state index in [0.29, 0.717) is 22.5 Å². The number of nitrogens with two attached hydrogens (primary N) is 1. The molecule has 3 N–H and O–H groups in total. The minimum atomic E-state index is 0.143. The number of aromatic amines is 1. The van der Waals surface area contributed by atoms with Gasteiger partial charge in [0.2, 0.25) is 5.95 Å². The number of H-pyrrole nitrogens is 1. The van der Waals surface area contributed by atoms with Gasteiger partial charge >= 0.3 is 0 Å². The molecule has 18 heavy (non-hydrogen) atoms. The molecule has 3 heterocycles. The Kier molecular flexibility index (Phi) is 2.13. The highest BCUT2D eigenvalue weighted by molar-refractivity contribution is 5.90. The van der Waals surface area contributed by atoms with Gasteiger partial charge in [-0.1, -0.05) is 0 Å². The Morgan fingerprint density at radius 1 is 1.22 bits per heavy atom. The van der Waals surface area contributed by atoms with E-state index in [1.54, 1.807) is 18.5 Å². The van der Waals surface area contributed by atoms with Crippen molar-refractivity contribution in [3.05, 3.63) is 30.2 Å². The molecule has 0 saturated carbocycles. The molecule has 7 heteroatoms. The molecule has 0 aromatic carbocycles. The molecule has 0 aliphatic carbocycles. The summed E-state index contributed by atoms with van der Waals surface area (Å²) in [6.45, 7) is 0. The number of pyridine rings is 1. The van der Waals surface area contributed by atoms with Gasteiger partial charge in [0.25, 0.3) is 0 Å². The summed E-state index contributed by atoms with van der Waals surface area (Å²) in [7, 11) is 0. The largest absolute Gasteiger partial charge is 0.368 e. The Bertz CT molecular complexity index is 768. The number of hydrogen-bond donors (Lipinski definition) is 2. The maximum atomic E-state index is 8.87. The zero-order valence-electron chi connectivity index (χ0n) is 9.12. The van der Waals surface area contributed by atoms with Crippen LogP contribution in [0.1, 0.15) is 5.56 Å². The van der Waals surface area contributed by atoms with Gasteiger partial charge in [-0.15, -0.1) is 0 Å². The van der Waals surface area contributed by atoms with E-state index in [-0.39, 0.29) is 5.95 Å². The second-order valence-corrected chi connectivity index (χ2v) is 3.64. The molecule has 3 rings (SSSR count). The monoisotopic (exact) mass is 237 g/mol. The van der Waals surface area contributed by atoms with Crippen LogP contribution < -0.4 is 5.73 Å². The average Bonchev–Trinajstić information content (AvgIpc) is 2.85. The molecule has 0 saturated heterocycles. The van der Waals surface area contributed by atoms with Crippen LogP contribution >= 0.6 is 0 Å². The molecular weight excluding hydrogens is 230 g/mol. The molecule has 0 aliphatic heterocycles. The second-order valence-electron chi connectivity index (χ2n) is 3.64. The van der Waals surface area contributed by atoms with Crippen molar-refractivity contribution in [1.82, 2.24) is 25.1 Å². The minimum Gasteiger partial charge on any atom is -0.368 e. The Morgan fingerprint density at radius 3 is 2.94 bits per heavy atom. The standard InChI is InChI=1S/C11H7N7/c12-2-6-1-7(4-14-3-6)9-8-5-15-18-10(8)17-11(13)16-9/h1,3-5H,(H3,13,15,16,17,18). The molecule has 0 spiro atoms. The van der Waals surface area contributed by atoms with Crippen molar-refractivity contribution in [1.29, 1.82) is 5.26 Å². The third-order valence-electron chi connectivity index (χ3n) is 2.47. The SMILES string of the molecule is N#Cc1cncc(-c2nc(N)nc3[nH]ncc23)c1. The van der Waals surface area contributed by atoms with Gasteiger partial charge in [-0.3, -0.25) is 10.1 Å². The van der Waals surface area contributed by atoms with Crippen molar-refractivity contribution < 1.29 is 0 Å². The van der Waals surface area contributed by atoms with Crippen molar-refractivity contribution in [2.75, 3.05) is 5.73 Å². The Balaban J connectivity index is 2.30. The highest BCUT2D eigenvalue weighted by Crippen LogP contribution is 2.25. The van der Waals surface area contributed by atoms with Crippen LogP contribution in [0.3, 0.4) is 0 Å². The predicted molar refractivity (Wildman–Crippen MR) is 64.0 cm³/mol. The molecule has 0 unspecified atom stereocenters. The number of rotatable bonds is 1. The first kappa shape index (κ1) is 10.2. The number of aromatic nitrogens is 5. The van der Waals surface area contributed by atoms with Crippen molar-refractivity contribution in [3.63, 3.8) is 0 Å². The number of anilines is 1. The van der Waals surface area contributed by atoms with Crippen LogP contribution in [-0.2, 0) is 0 Å². The lowest BCUT2D eigenvalue weighted by Gasteiger charge is -2.02. The summed E-state index contributed by atoms with van der Waals surface area (Å²) in [5.74, 6) is 0.143. The highest BCUT2D eigenvalue weighted by Gasteiger charge is 2.10. The summed E-state index contributed by atoms with van der Waals surface area (Å²) in [6, 6.07) is 3.73. The van der Waals surface area contributed by atoms with Crippen molar-refractivity contribution >= 4 is 17.0 Å². The molecule has 0 fully saturated rings. The summed E-state index contributed by atoms with van der Waals surface area (Å²) in [6.07, 6.45) is 4.72. The van der Waals surface area contributed by atoms with Gasteiger partial charge in [0.15, 0.2) is 5.65 Å². The van der Waals surface area contributed by atoms with Crippen LogP contribution in [0.4, 0.5) is 5.95 Å². The van der Waals surface area contributed by atoms with E-state index in [2.05, 4.69) is 25.1 Å². The minimum absolute atomic E-state index is 0.143. The third kappa shape index (κ3) is 1.53. The lowest BCUT2D eigenvalue weighted by molar-refractivity contribution is 1.09. The van der Waals surface area contributed by atoms with E-state index in [1.165, 1.54) is 6.20 Å². The first-order valence-electron chi connectivity index (χ1n) is 5.10. The summed E-state index contributed by atoms with van der Waals surface area (Å²) >= 11 is 0.